The number of aliphatic hydroxyl groups is 2. The van der Waals surface area contributed by atoms with E-state index < -0.39 is 12.1 Å². The number of unbranched alkanes of at least 4 members (excludes halogenated alkanes) is 55. The van der Waals surface area contributed by atoms with Crippen molar-refractivity contribution in [2.24, 2.45) is 0 Å². The van der Waals surface area contributed by atoms with Gasteiger partial charge < -0.3 is 20.3 Å². The van der Waals surface area contributed by atoms with Gasteiger partial charge >= 0.3 is 5.97 Å². The number of nitrogens with one attached hydrogen (secondary N) is 1. The predicted molar refractivity (Wildman–Crippen MR) is 356 cm³/mol. The second-order valence-corrected chi connectivity index (χ2v) is 25.6. The Morgan fingerprint density at radius 1 is 0.346 bits per heavy atom. The molecule has 0 rings (SSSR count). The number of hydrogen-bond donors (Lipinski definition) is 3. The molecule has 480 valence electrons. The van der Waals surface area contributed by atoms with Gasteiger partial charge in [-0.15, -0.1) is 0 Å². The Balaban J connectivity index is 3.37. The molecule has 3 N–H and O–H groups in total. The second kappa shape index (κ2) is 70.8. The van der Waals surface area contributed by atoms with Crippen LogP contribution in [0.5, 0.6) is 0 Å². The van der Waals surface area contributed by atoms with Gasteiger partial charge in [-0.05, 0) is 57.8 Å². The van der Waals surface area contributed by atoms with Crippen LogP contribution in [0.2, 0.25) is 0 Å². The number of allylic oxidation sites excluding steroid dienone is 4. The predicted octanol–water partition coefficient (Wildman–Crippen LogP) is 24.1. The van der Waals surface area contributed by atoms with Crippen LogP contribution in [0.4, 0.5) is 0 Å². The molecule has 0 saturated carbocycles. The van der Waals surface area contributed by atoms with E-state index in [4.69, 9.17) is 4.74 Å². The number of hydrogen-bond acceptors (Lipinski definition) is 5. The number of ether oxygens (including phenoxy) is 1. The highest BCUT2D eigenvalue weighted by Crippen LogP contribution is 2.20. The molecule has 0 saturated heterocycles. The quantitative estimate of drug-likeness (QED) is 0.0320. The minimum absolute atomic E-state index is 0.00252. The Hall–Kier alpha value is -1.66. The maximum absolute atomic E-state index is 12.6. The van der Waals surface area contributed by atoms with Crippen molar-refractivity contribution < 1.29 is 24.5 Å². The minimum Gasteiger partial charge on any atom is -0.466 e. The van der Waals surface area contributed by atoms with E-state index in [0.29, 0.717) is 25.9 Å². The SMILES string of the molecule is CCCCC/C=C\C/C=C\CCCCCCCC(=O)OCCCCCCCCCCCCCCCCCCCCCCCCCCC(=O)NC(CO)C(O)CCCCCCCCCCCCCCCCCCCCCCCCCCC. The molecular formula is C75H145NO5. The van der Waals surface area contributed by atoms with Crippen molar-refractivity contribution in [2.45, 2.75) is 431 Å². The van der Waals surface area contributed by atoms with Crippen molar-refractivity contribution in [1.82, 2.24) is 5.32 Å². The molecule has 0 radical (unpaired) electrons. The molecule has 0 aromatic rings. The third-order valence-corrected chi connectivity index (χ3v) is 17.5. The molecule has 6 nitrogen and oxygen atoms in total. The van der Waals surface area contributed by atoms with Crippen molar-refractivity contribution in [3.05, 3.63) is 24.3 Å². The Labute approximate surface area is 507 Å². The van der Waals surface area contributed by atoms with Crippen molar-refractivity contribution in [3.63, 3.8) is 0 Å². The van der Waals surface area contributed by atoms with Gasteiger partial charge in [0, 0.05) is 12.8 Å². The molecule has 1 amide bonds. The topological polar surface area (TPSA) is 95.9 Å². The van der Waals surface area contributed by atoms with Gasteiger partial charge in [-0.2, -0.15) is 0 Å². The van der Waals surface area contributed by atoms with Crippen LogP contribution in [0.25, 0.3) is 0 Å². The van der Waals surface area contributed by atoms with Crippen molar-refractivity contribution in [1.29, 1.82) is 0 Å². The van der Waals surface area contributed by atoms with Crippen LogP contribution < -0.4 is 5.32 Å². The van der Waals surface area contributed by atoms with Crippen LogP contribution in [-0.2, 0) is 14.3 Å². The summed E-state index contributed by atoms with van der Waals surface area (Å²) in [5.41, 5.74) is 0. The van der Waals surface area contributed by atoms with Crippen LogP contribution in [0, 0.1) is 0 Å². The largest absolute Gasteiger partial charge is 0.466 e. The van der Waals surface area contributed by atoms with Gasteiger partial charge in [0.15, 0.2) is 0 Å². The lowest BCUT2D eigenvalue weighted by Gasteiger charge is -2.22. The molecule has 81 heavy (non-hydrogen) atoms. The van der Waals surface area contributed by atoms with Gasteiger partial charge in [0.05, 0.1) is 25.4 Å². The first-order chi connectivity index (χ1) is 40.0. The Morgan fingerprint density at radius 3 is 0.963 bits per heavy atom. The molecule has 0 aromatic carbocycles. The zero-order chi connectivity index (χ0) is 58.5. The first-order valence-corrected chi connectivity index (χ1v) is 37.1. The molecule has 0 heterocycles. The fourth-order valence-corrected chi connectivity index (χ4v) is 11.9. The van der Waals surface area contributed by atoms with Gasteiger partial charge in [-0.3, -0.25) is 9.59 Å². The lowest BCUT2D eigenvalue weighted by molar-refractivity contribution is -0.143. The fraction of sp³-hybridized carbons (Fsp3) is 0.920. The maximum atomic E-state index is 12.6. The summed E-state index contributed by atoms with van der Waals surface area (Å²) in [6, 6.07) is -0.542. The number of aliphatic hydroxyl groups excluding tert-OH is 2. The van der Waals surface area contributed by atoms with E-state index in [1.165, 1.54) is 334 Å². The Bertz CT molecular complexity index is 1270. The summed E-state index contributed by atoms with van der Waals surface area (Å²) in [6.45, 7) is 4.96. The molecule has 0 bridgehead atoms. The fourth-order valence-electron chi connectivity index (χ4n) is 11.9. The monoisotopic (exact) mass is 1140 g/mol. The van der Waals surface area contributed by atoms with E-state index in [1.807, 2.05) is 0 Å². The Kier molecular flexibility index (Phi) is 69.4. The summed E-state index contributed by atoms with van der Waals surface area (Å²) in [5, 5.41) is 23.5. The molecule has 0 aliphatic carbocycles. The molecule has 6 heteroatoms. The lowest BCUT2D eigenvalue weighted by atomic mass is 10.0. The number of rotatable bonds is 70. The van der Waals surface area contributed by atoms with Crippen LogP contribution >= 0.6 is 0 Å². The molecule has 2 unspecified atom stereocenters. The van der Waals surface area contributed by atoms with Crippen molar-refractivity contribution in [3.8, 4) is 0 Å². The zero-order valence-electron chi connectivity index (χ0n) is 55.0. The highest BCUT2D eigenvalue weighted by Gasteiger charge is 2.20. The normalized spacial score (nSPS) is 12.6. The van der Waals surface area contributed by atoms with Gasteiger partial charge in [0.2, 0.25) is 5.91 Å². The van der Waals surface area contributed by atoms with E-state index in [0.717, 1.165) is 51.4 Å². The van der Waals surface area contributed by atoms with Gasteiger partial charge in [0.1, 0.15) is 0 Å². The summed E-state index contributed by atoms with van der Waals surface area (Å²) < 4.78 is 5.49. The Morgan fingerprint density at radius 2 is 0.617 bits per heavy atom. The molecule has 0 aromatic heterocycles. The van der Waals surface area contributed by atoms with Crippen LogP contribution in [-0.4, -0.2) is 47.4 Å². The summed E-state index contributed by atoms with van der Waals surface area (Å²) in [7, 11) is 0. The average molecular weight is 1140 g/mol. The highest BCUT2D eigenvalue weighted by molar-refractivity contribution is 5.76. The molecular weight excluding hydrogens is 995 g/mol. The molecule has 0 aliphatic heterocycles. The first-order valence-electron chi connectivity index (χ1n) is 37.1. The van der Waals surface area contributed by atoms with Crippen LogP contribution in [0.15, 0.2) is 24.3 Å². The number of carbonyl (C=O) groups excluding carboxylic acids is 2. The smallest absolute Gasteiger partial charge is 0.305 e. The van der Waals surface area contributed by atoms with E-state index >= 15 is 0 Å². The van der Waals surface area contributed by atoms with E-state index in [2.05, 4.69) is 43.5 Å². The number of amides is 1. The van der Waals surface area contributed by atoms with Gasteiger partial charge in [-0.1, -0.05) is 372 Å². The van der Waals surface area contributed by atoms with Gasteiger partial charge in [0.25, 0.3) is 0 Å². The summed E-state index contributed by atoms with van der Waals surface area (Å²) >= 11 is 0. The summed E-state index contributed by atoms with van der Waals surface area (Å²) in [5.74, 6) is -0.0261. The van der Waals surface area contributed by atoms with Crippen molar-refractivity contribution >= 4 is 11.9 Å². The molecule has 0 spiro atoms. The standard InChI is InChI=1S/C75H145NO5/c1-3-5-7-9-11-13-15-17-19-20-21-22-23-24-27-30-33-36-40-43-47-51-55-59-63-67-73(78)72(71-77)76-74(79)68-64-60-56-52-48-44-41-37-34-31-28-25-26-29-32-35-38-42-46-50-54-58-62-66-70-81-75(80)69-65-61-57-53-49-45-39-18-16-14-12-10-8-6-4-2/h12,14,18,39,72-73,77-78H,3-11,13,15-17,19-38,40-71H2,1-2H3,(H,76,79)/b14-12-,39-18-. The second-order valence-electron chi connectivity index (χ2n) is 25.6. The first kappa shape index (κ1) is 79.3. The zero-order valence-corrected chi connectivity index (χ0v) is 55.0. The van der Waals surface area contributed by atoms with Crippen molar-refractivity contribution in [2.75, 3.05) is 13.2 Å². The molecule has 0 fully saturated rings. The lowest BCUT2D eigenvalue weighted by Crippen LogP contribution is -2.45. The molecule has 0 aliphatic rings. The number of esters is 1. The maximum Gasteiger partial charge on any atom is 0.305 e. The van der Waals surface area contributed by atoms with E-state index in [9.17, 15) is 19.8 Å². The number of carbonyl (C=O) groups is 2. The van der Waals surface area contributed by atoms with E-state index in [1.54, 1.807) is 0 Å². The minimum atomic E-state index is -0.665. The highest BCUT2D eigenvalue weighted by atomic mass is 16.5. The average Bonchev–Trinajstić information content (AvgIpc) is 3.47. The summed E-state index contributed by atoms with van der Waals surface area (Å²) in [4.78, 5) is 24.6. The van der Waals surface area contributed by atoms with Crippen LogP contribution in [0.3, 0.4) is 0 Å². The van der Waals surface area contributed by atoms with E-state index in [-0.39, 0.29) is 18.5 Å². The molecule has 2 atom stereocenters. The van der Waals surface area contributed by atoms with Crippen LogP contribution in [0.1, 0.15) is 418 Å². The third kappa shape index (κ3) is 67.3. The summed E-state index contributed by atoms with van der Waals surface area (Å²) in [6.07, 6.45) is 89.5. The van der Waals surface area contributed by atoms with Gasteiger partial charge in [-0.25, -0.2) is 0 Å². The third-order valence-electron chi connectivity index (χ3n) is 17.5.